The second kappa shape index (κ2) is 5.24. The van der Waals surface area contributed by atoms with E-state index in [9.17, 15) is 4.39 Å². The topological polar surface area (TPSA) is 21.7 Å². The Balaban J connectivity index is 2.03. The van der Waals surface area contributed by atoms with Crippen LogP contribution in [0.25, 0.3) is 0 Å². The molecule has 0 aromatic heterocycles. The van der Waals surface area contributed by atoms with Crippen LogP contribution in [0.3, 0.4) is 0 Å². The maximum absolute atomic E-state index is 13.6. The van der Waals surface area contributed by atoms with Crippen molar-refractivity contribution >= 4 is 0 Å². The molecule has 3 nitrogen and oxygen atoms in total. The van der Waals surface area contributed by atoms with E-state index >= 15 is 0 Å². The van der Waals surface area contributed by atoms with Crippen LogP contribution in [0.15, 0.2) is 18.2 Å². The zero-order valence-electron chi connectivity index (χ0n) is 11.2. The Morgan fingerprint density at radius 1 is 1.44 bits per heavy atom. The molecule has 0 N–H and O–H groups in total. The summed E-state index contributed by atoms with van der Waals surface area (Å²) in [5, 5.41) is 0. The van der Waals surface area contributed by atoms with Crippen molar-refractivity contribution in [2.75, 3.05) is 26.8 Å². The van der Waals surface area contributed by atoms with Crippen molar-refractivity contribution in [3.8, 4) is 5.75 Å². The maximum Gasteiger partial charge on any atom is 0.165 e. The van der Waals surface area contributed by atoms with Crippen LogP contribution in [-0.2, 0) is 11.3 Å². The fourth-order valence-electron chi connectivity index (χ4n) is 2.32. The van der Waals surface area contributed by atoms with E-state index in [2.05, 4.69) is 18.7 Å². The Morgan fingerprint density at radius 3 is 2.83 bits per heavy atom. The fourth-order valence-corrected chi connectivity index (χ4v) is 2.32. The number of morpholine rings is 1. The van der Waals surface area contributed by atoms with Gasteiger partial charge < -0.3 is 9.47 Å². The highest BCUT2D eigenvalue weighted by atomic mass is 19.1. The zero-order valence-corrected chi connectivity index (χ0v) is 11.2. The molecule has 0 aliphatic carbocycles. The van der Waals surface area contributed by atoms with Crippen LogP contribution in [0.5, 0.6) is 5.75 Å². The Hall–Kier alpha value is -1.13. The molecule has 0 saturated carbocycles. The highest BCUT2D eigenvalue weighted by Gasteiger charge is 2.27. The Bertz CT molecular complexity index is 420. The Kier molecular flexibility index (Phi) is 3.88. The van der Waals surface area contributed by atoms with E-state index in [1.54, 1.807) is 12.1 Å². The molecular formula is C14H20FNO2. The van der Waals surface area contributed by atoms with Gasteiger partial charge in [-0.05, 0) is 31.5 Å². The van der Waals surface area contributed by atoms with E-state index in [0.717, 1.165) is 31.8 Å². The molecule has 0 atom stereocenters. The molecule has 1 aliphatic heterocycles. The monoisotopic (exact) mass is 253 g/mol. The van der Waals surface area contributed by atoms with E-state index in [4.69, 9.17) is 9.47 Å². The summed E-state index contributed by atoms with van der Waals surface area (Å²) in [7, 11) is 1.47. The van der Waals surface area contributed by atoms with Crippen LogP contribution in [0, 0.1) is 5.82 Å². The van der Waals surface area contributed by atoms with Gasteiger partial charge in [0.2, 0.25) is 0 Å². The summed E-state index contributed by atoms with van der Waals surface area (Å²) in [6.45, 7) is 7.37. The third-order valence-corrected chi connectivity index (χ3v) is 3.13. The van der Waals surface area contributed by atoms with Gasteiger partial charge in [0, 0.05) is 19.6 Å². The zero-order chi connectivity index (χ0) is 13.2. The van der Waals surface area contributed by atoms with Gasteiger partial charge in [0.1, 0.15) is 0 Å². The van der Waals surface area contributed by atoms with Crippen LogP contribution in [0.1, 0.15) is 19.4 Å². The quantitative estimate of drug-likeness (QED) is 0.826. The lowest BCUT2D eigenvalue weighted by Gasteiger charge is -2.38. The molecule has 0 radical (unpaired) electrons. The highest BCUT2D eigenvalue weighted by molar-refractivity contribution is 5.29. The standard InChI is InChI=1S/C14H20FNO2/c1-14(2)10-16(6-7-18-14)9-11-4-5-13(17-3)12(15)8-11/h4-5,8H,6-7,9-10H2,1-3H3. The lowest BCUT2D eigenvalue weighted by molar-refractivity contribution is -0.0882. The molecule has 4 heteroatoms. The first-order valence-electron chi connectivity index (χ1n) is 6.19. The van der Waals surface area contributed by atoms with Crippen molar-refractivity contribution in [1.29, 1.82) is 0 Å². The molecule has 0 spiro atoms. The van der Waals surface area contributed by atoms with Gasteiger partial charge in [-0.1, -0.05) is 6.07 Å². The largest absolute Gasteiger partial charge is 0.494 e. The van der Waals surface area contributed by atoms with Gasteiger partial charge in [0.15, 0.2) is 11.6 Å². The smallest absolute Gasteiger partial charge is 0.165 e. The number of benzene rings is 1. The molecule has 100 valence electrons. The first kappa shape index (κ1) is 13.3. The van der Waals surface area contributed by atoms with Gasteiger partial charge in [-0.3, -0.25) is 4.90 Å². The van der Waals surface area contributed by atoms with Crippen LogP contribution >= 0.6 is 0 Å². The SMILES string of the molecule is COc1ccc(CN2CCOC(C)(C)C2)cc1F. The van der Waals surface area contributed by atoms with Crippen LogP contribution in [0.4, 0.5) is 4.39 Å². The number of methoxy groups -OCH3 is 1. The van der Waals surface area contributed by atoms with E-state index in [0.29, 0.717) is 5.75 Å². The van der Waals surface area contributed by atoms with Crippen molar-refractivity contribution in [2.24, 2.45) is 0 Å². The second-order valence-electron chi connectivity index (χ2n) is 5.29. The average molecular weight is 253 g/mol. The lowest BCUT2D eigenvalue weighted by atomic mass is 10.1. The fraction of sp³-hybridized carbons (Fsp3) is 0.571. The van der Waals surface area contributed by atoms with Crippen molar-refractivity contribution in [3.05, 3.63) is 29.6 Å². The summed E-state index contributed by atoms with van der Waals surface area (Å²) >= 11 is 0. The van der Waals surface area contributed by atoms with Gasteiger partial charge in [-0.15, -0.1) is 0 Å². The van der Waals surface area contributed by atoms with Crippen LogP contribution in [-0.4, -0.2) is 37.3 Å². The summed E-state index contributed by atoms with van der Waals surface area (Å²) in [6, 6.07) is 5.13. The summed E-state index contributed by atoms with van der Waals surface area (Å²) in [5.41, 5.74) is 0.842. The van der Waals surface area contributed by atoms with Gasteiger partial charge in [0.05, 0.1) is 19.3 Å². The van der Waals surface area contributed by atoms with Crippen molar-refractivity contribution in [3.63, 3.8) is 0 Å². The van der Waals surface area contributed by atoms with Crippen LogP contribution < -0.4 is 4.74 Å². The highest BCUT2D eigenvalue weighted by Crippen LogP contribution is 2.21. The number of nitrogens with zero attached hydrogens (tertiary/aromatic N) is 1. The number of halogens is 1. The normalized spacial score (nSPS) is 19.8. The summed E-state index contributed by atoms with van der Waals surface area (Å²) in [6.07, 6.45) is 0. The van der Waals surface area contributed by atoms with Gasteiger partial charge in [-0.25, -0.2) is 4.39 Å². The summed E-state index contributed by atoms with van der Waals surface area (Å²) in [4.78, 5) is 2.28. The minimum Gasteiger partial charge on any atom is -0.494 e. The van der Waals surface area contributed by atoms with Crippen molar-refractivity contribution < 1.29 is 13.9 Å². The molecule has 1 aromatic carbocycles. The third kappa shape index (κ3) is 3.21. The van der Waals surface area contributed by atoms with Gasteiger partial charge in [-0.2, -0.15) is 0 Å². The number of rotatable bonds is 3. The molecule has 18 heavy (non-hydrogen) atoms. The van der Waals surface area contributed by atoms with Gasteiger partial charge in [0.25, 0.3) is 0 Å². The minimum absolute atomic E-state index is 0.122. The molecule has 0 amide bonds. The molecule has 1 saturated heterocycles. The average Bonchev–Trinajstić information content (AvgIpc) is 2.28. The number of ether oxygens (including phenoxy) is 2. The predicted octanol–water partition coefficient (Wildman–Crippen LogP) is 2.45. The first-order chi connectivity index (χ1) is 8.50. The number of hydrogen-bond acceptors (Lipinski definition) is 3. The maximum atomic E-state index is 13.6. The Morgan fingerprint density at radius 2 is 2.22 bits per heavy atom. The van der Waals surface area contributed by atoms with Crippen molar-refractivity contribution in [1.82, 2.24) is 4.90 Å². The summed E-state index contributed by atoms with van der Waals surface area (Å²) < 4.78 is 24.2. The Labute approximate surface area is 107 Å². The minimum atomic E-state index is -0.303. The first-order valence-corrected chi connectivity index (χ1v) is 6.19. The molecule has 0 unspecified atom stereocenters. The van der Waals surface area contributed by atoms with Crippen LogP contribution in [0.2, 0.25) is 0 Å². The van der Waals surface area contributed by atoms with E-state index in [1.165, 1.54) is 7.11 Å². The molecule has 1 aliphatic rings. The molecule has 2 rings (SSSR count). The van der Waals surface area contributed by atoms with E-state index in [-0.39, 0.29) is 11.4 Å². The second-order valence-corrected chi connectivity index (χ2v) is 5.29. The molecule has 1 fully saturated rings. The molecule has 0 bridgehead atoms. The molecule has 1 aromatic rings. The lowest BCUT2D eigenvalue weighted by Crippen LogP contribution is -2.47. The summed E-state index contributed by atoms with van der Waals surface area (Å²) in [5.74, 6) is -0.0106. The molecule has 1 heterocycles. The third-order valence-electron chi connectivity index (χ3n) is 3.13. The van der Waals surface area contributed by atoms with Crippen molar-refractivity contribution in [2.45, 2.75) is 26.0 Å². The van der Waals surface area contributed by atoms with Gasteiger partial charge >= 0.3 is 0 Å². The van der Waals surface area contributed by atoms with E-state index in [1.807, 2.05) is 6.07 Å². The van der Waals surface area contributed by atoms with E-state index < -0.39 is 0 Å². The molecular weight excluding hydrogens is 233 g/mol. The predicted molar refractivity (Wildman–Crippen MR) is 68.3 cm³/mol. The number of hydrogen-bond donors (Lipinski definition) is 0.